The molecule has 2 amide bonds. The molecule has 2 aromatic heterocycles. The number of ether oxygens (including phenoxy) is 2. The molecule has 37 heavy (non-hydrogen) atoms. The third-order valence-electron chi connectivity index (χ3n) is 7.61. The fourth-order valence-electron chi connectivity index (χ4n) is 5.55. The molecule has 0 atom stereocenters. The first-order valence-corrected chi connectivity index (χ1v) is 12.8. The molecular weight excluding hydrogens is 472 g/mol. The number of carbonyl (C=O) groups excluding carboxylic acids is 2. The maximum atomic E-state index is 13.3. The Morgan fingerprint density at radius 3 is 2.89 bits per heavy atom. The lowest BCUT2D eigenvalue weighted by atomic mass is 9.93. The van der Waals surface area contributed by atoms with E-state index in [1.165, 1.54) is 6.20 Å². The minimum absolute atomic E-state index is 0.0957. The van der Waals surface area contributed by atoms with Crippen LogP contribution in [0.1, 0.15) is 58.4 Å². The number of fused-ring (bicyclic) bond motifs is 1. The predicted octanol–water partition coefficient (Wildman–Crippen LogP) is 3.09. The van der Waals surface area contributed by atoms with E-state index >= 15 is 0 Å². The standard InChI is InChI=1S/C27H32N6O4/c1-36-10-3-6-19-12-24(29-14-22(19)13-28)31-26(35)33-9-2-5-20-11-21(23(16-34)30-25(20)33)15-32-8-4-7-27(32)17-37-18-27/h11-12,14,16H,2-10,15,17-18H2,1H3,(H,29,31,35). The number of nitrogens with one attached hydrogen (secondary N) is 1. The van der Waals surface area contributed by atoms with Gasteiger partial charge in [-0.2, -0.15) is 5.26 Å². The number of urea groups is 1. The molecule has 0 radical (unpaired) electrons. The Kier molecular flexibility index (Phi) is 7.46. The molecule has 3 aliphatic heterocycles. The number of methoxy groups -OCH3 is 1. The number of nitriles is 1. The van der Waals surface area contributed by atoms with Crippen LogP contribution in [-0.4, -0.2) is 72.7 Å². The summed E-state index contributed by atoms with van der Waals surface area (Å²) in [5.41, 5.74) is 3.63. The van der Waals surface area contributed by atoms with E-state index in [4.69, 9.17) is 9.47 Å². The Balaban J connectivity index is 1.35. The summed E-state index contributed by atoms with van der Waals surface area (Å²) in [4.78, 5) is 38.2. The zero-order valence-corrected chi connectivity index (χ0v) is 21.2. The summed E-state index contributed by atoms with van der Waals surface area (Å²) < 4.78 is 10.6. The van der Waals surface area contributed by atoms with Crippen molar-refractivity contribution >= 4 is 24.0 Å². The SMILES string of the molecule is COCCCc1cc(NC(=O)N2CCCc3cc(CN4CCCC45COC5)c(C=O)nc32)ncc1C#N. The Morgan fingerprint density at radius 2 is 2.16 bits per heavy atom. The highest BCUT2D eigenvalue weighted by Crippen LogP contribution is 2.37. The van der Waals surface area contributed by atoms with Gasteiger partial charge < -0.3 is 9.47 Å². The molecule has 5 rings (SSSR count). The van der Waals surface area contributed by atoms with Crippen molar-refractivity contribution in [2.45, 2.75) is 50.6 Å². The molecule has 0 aromatic carbocycles. The molecule has 1 N–H and O–H groups in total. The third-order valence-corrected chi connectivity index (χ3v) is 7.61. The molecule has 0 bridgehead atoms. The molecule has 0 unspecified atom stereocenters. The molecule has 1 spiro atoms. The number of rotatable bonds is 8. The number of carbonyl (C=O) groups is 2. The van der Waals surface area contributed by atoms with Crippen LogP contribution >= 0.6 is 0 Å². The smallest absolute Gasteiger partial charge is 0.328 e. The van der Waals surface area contributed by atoms with Crippen molar-refractivity contribution < 1.29 is 19.1 Å². The predicted molar refractivity (Wildman–Crippen MR) is 137 cm³/mol. The summed E-state index contributed by atoms with van der Waals surface area (Å²) in [6.45, 7) is 4.20. The number of hydrogen-bond donors (Lipinski definition) is 1. The zero-order chi connectivity index (χ0) is 25.8. The van der Waals surface area contributed by atoms with E-state index in [2.05, 4.69) is 26.3 Å². The van der Waals surface area contributed by atoms with Crippen LogP contribution in [0.5, 0.6) is 0 Å². The number of amides is 2. The molecule has 0 saturated carbocycles. The van der Waals surface area contributed by atoms with Gasteiger partial charge in [0.2, 0.25) is 0 Å². The van der Waals surface area contributed by atoms with Gasteiger partial charge in [0, 0.05) is 33.0 Å². The van der Waals surface area contributed by atoms with Crippen molar-refractivity contribution in [2.24, 2.45) is 0 Å². The Labute approximate surface area is 216 Å². The number of likely N-dealkylation sites (tertiary alicyclic amines) is 1. The van der Waals surface area contributed by atoms with Gasteiger partial charge in [-0.1, -0.05) is 0 Å². The van der Waals surface area contributed by atoms with E-state index in [0.717, 1.165) is 74.8 Å². The maximum Gasteiger partial charge on any atom is 0.328 e. The molecule has 194 valence electrons. The van der Waals surface area contributed by atoms with Gasteiger partial charge in [-0.15, -0.1) is 0 Å². The number of hydrogen-bond acceptors (Lipinski definition) is 8. The van der Waals surface area contributed by atoms with Crippen molar-refractivity contribution in [3.8, 4) is 6.07 Å². The Morgan fingerprint density at radius 1 is 1.30 bits per heavy atom. The first-order valence-electron chi connectivity index (χ1n) is 12.8. The number of anilines is 2. The van der Waals surface area contributed by atoms with Gasteiger partial charge in [-0.25, -0.2) is 14.8 Å². The zero-order valence-electron chi connectivity index (χ0n) is 21.2. The van der Waals surface area contributed by atoms with Gasteiger partial charge in [0.1, 0.15) is 23.4 Å². The normalized spacial score (nSPS) is 18.2. The largest absolute Gasteiger partial charge is 0.385 e. The summed E-state index contributed by atoms with van der Waals surface area (Å²) in [6, 6.07) is 5.58. The summed E-state index contributed by atoms with van der Waals surface area (Å²) in [5, 5.41) is 12.3. The molecule has 0 aliphatic carbocycles. The average Bonchev–Trinajstić information content (AvgIpc) is 3.32. The van der Waals surface area contributed by atoms with Crippen molar-refractivity contribution in [1.29, 1.82) is 5.26 Å². The van der Waals surface area contributed by atoms with Crippen LogP contribution in [0.25, 0.3) is 0 Å². The summed E-state index contributed by atoms with van der Waals surface area (Å²) in [7, 11) is 1.64. The topological polar surface area (TPSA) is 121 Å². The van der Waals surface area contributed by atoms with Gasteiger partial charge in [0.05, 0.1) is 24.3 Å². The summed E-state index contributed by atoms with van der Waals surface area (Å²) in [6.07, 6.45) is 7.51. The fourth-order valence-corrected chi connectivity index (χ4v) is 5.55. The second-order valence-electron chi connectivity index (χ2n) is 10.00. The van der Waals surface area contributed by atoms with Crippen LogP contribution in [0.15, 0.2) is 18.3 Å². The minimum atomic E-state index is -0.358. The number of aryl methyl sites for hydroxylation is 2. The highest BCUT2D eigenvalue weighted by atomic mass is 16.5. The molecule has 10 heteroatoms. The van der Waals surface area contributed by atoms with E-state index in [-0.39, 0.29) is 11.6 Å². The Bertz CT molecular complexity index is 1220. The fraction of sp³-hybridized carbons (Fsp3) is 0.519. The first kappa shape index (κ1) is 25.3. The van der Waals surface area contributed by atoms with Crippen molar-refractivity contribution in [3.05, 3.63) is 46.3 Å². The van der Waals surface area contributed by atoms with Crippen LogP contribution < -0.4 is 10.2 Å². The average molecular weight is 505 g/mol. The van der Waals surface area contributed by atoms with Crippen molar-refractivity contribution in [2.75, 3.05) is 50.2 Å². The lowest BCUT2D eigenvalue weighted by Gasteiger charge is -2.45. The van der Waals surface area contributed by atoms with Gasteiger partial charge in [0.25, 0.3) is 0 Å². The highest BCUT2D eigenvalue weighted by Gasteiger charge is 2.47. The lowest BCUT2D eigenvalue weighted by molar-refractivity contribution is -0.125. The first-order chi connectivity index (χ1) is 18.1. The monoisotopic (exact) mass is 504 g/mol. The van der Waals surface area contributed by atoms with Crippen LogP contribution in [0, 0.1) is 11.3 Å². The second kappa shape index (κ2) is 10.9. The number of aldehydes is 1. The lowest BCUT2D eigenvalue weighted by Crippen LogP contribution is -2.58. The van der Waals surface area contributed by atoms with Gasteiger partial charge in [-0.05, 0) is 73.9 Å². The number of pyridine rings is 2. The minimum Gasteiger partial charge on any atom is -0.385 e. The highest BCUT2D eigenvalue weighted by molar-refractivity contribution is 6.01. The number of aromatic nitrogens is 2. The quantitative estimate of drug-likeness (QED) is 0.430. The van der Waals surface area contributed by atoms with Crippen LogP contribution in [-0.2, 0) is 28.9 Å². The van der Waals surface area contributed by atoms with Gasteiger partial charge in [0.15, 0.2) is 6.29 Å². The molecule has 2 fully saturated rings. The summed E-state index contributed by atoms with van der Waals surface area (Å²) in [5.74, 6) is 0.893. The van der Waals surface area contributed by atoms with Crippen LogP contribution in [0.3, 0.4) is 0 Å². The van der Waals surface area contributed by atoms with E-state index in [0.29, 0.717) is 49.0 Å². The third kappa shape index (κ3) is 5.07. The Hall–Kier alpha value is -3.39. The van der Waals surface area contributed by atoms with Gasteiger partial charge >= 0.3 is 6.03 Å². The van der Waals surface area contributed by atoms with Crippen molar-refractivity contribution in [1.82, 2.24) is 14.9 Å². The maximum absolute atomic E-state index is 13.3. The summed E-state index contributed by atoms with van der Waals surface area (Å²) >= 11 is 0. The van der Waals surface area contributed by atoms with E-state index in [1.54, 1.807) is 18.1 Å². The van der Waals surface area contributed by atoms with Crippen LogP contribution in [0.4, 0.5) is 16.4 Å². The molecule has 3 aliphatic rings. The van der Waals surface area contributed by atoms with Crippen LogP contribution in [0.2, 0.25) is 0 Å². The molecule has 10 nitrogen and oxygen atoms in total. The van der Waals surface area contributed by atoms with E-state index < -0.39 is 0 Å². The molecule has 2 saturated heterocycles. The van der Waals surface area contributed by atoms with Crippen molar-refractivity contribution in [3.63, 3.8) is 0 Å². The van der Waals surface area contributed by atoms with E-state index in [9.17, 15) is 14.9 Å². The van der Waals surface area contributed by atoms with E-state index in [1.807, 2.05) is 6.07 Å². The second-order valence-corrected chi connectivity index (χ2v) is 10.00. The number of nitrogens with zero attached hydrogens (tertiary/aromatic N) is 5. The molecule has 5 heterocycles. The molecule has 2 aromatic rings. The molecular formula is C27H32N6O4. The van der Waals surface area contributed by atoms with Gasteiger partial charge in [-0.3, -0.25) is 19.9 Å².